The van der Waals surface area contributed by atoms with Crippen LogP contribution >= 0.6 is 46.6 Å². The molecule has 0 aliphatic carbocycles. The smallest absolute Gasteiger partial charge is 0.234 e. The molecule has 12 heteroatoms. The molecule has 0 saturated heterocycles. The molecule has 1 amide bonds. The van der Waals surface area contributed by atoms with Crippen molar-refractivity contribution in [2.75, 3.05) is 5.75 Å². The maximum Gasteiger partial charge on any atom is 0.234 e. The predicted octanol–water partition coefficient (Wildman–Crippen LogP) is 4.38. The zero-order valence-corrected chi connectivity index (χ0v) is 20.4. The first-order valence-electron chi connectivity index (χ1n) is 9.03. The number of oxazole rings is 1. The zero-order valence-electron chi connectivity index (χ0n) is 16.5. The van der Waals surface area contributed by atoms with E-state index in [-0.39, 0.29) is 26.7 Å². The van der Waals surface area contributed by atoms with Gasteiger partial charge in [-0.2, -0.15) is 4.98 Å². The summed E-state index contributed by atoms with van der Waals surface area (Å²) in [7, 11) is -4.03. The van der Waals surface area contributed by atoms with Crippen molar-refractivity contribution in [1.29, 1.82) is 0 Å². The number of hydrogen-bond acceptors (Lipinski definition) is 7. The van der Waals surface area contributed by atoms with Crippen molar-refractivity contribution in [3.05, 3.63) is 60.2 Å². The fraction of sp³-hybridized carbons (Fsp3) is 0.200. The number of aliphatic hydroxyl groups is 1. The van der Waals surface area contributed by atoms with E-state index in [0.717, 1.165) is 17.3 Å². The number of nitrogens with one attached hydrogen (secondary N) is 1. The first-order chi connectivity index (χ1) is 15.0. The van der Waals surface area contributed by atoms with E-state index in [0.29, 0.717) is 5.56 Å². The summed E-state index contributed by atoms with van der Waals surface area (Å²) in [6.07, 6.45) is -1.74. The van der Waals surface area contributed by atoms with Crippen LogP contribution < -0.4 is 5.32 Å². The lowest BCUT2D eigenvalue weighted by atomic mass is 10.1. The lowest BCUT2D eigenvalue weighted by Gasteiger charge is -2.19. The Hall–Kier alpha value is -1.75. The largest absolute Gasteiger partial charge is 0.428 e. The van der Waals surface area contributed by atoms with Gasteiger partial charge in [-0.25, -0.2) is 8.42 Å². The quantitative estimate of drug-likeness (QED) is 0.262. The van der Waals surface area contributed by atoms with E-state index in [2.05, 4.69) is 10.3 Å². The molecule has 2 aromatic carbocycles. The Balaban J connectivity index is 1.93. The molecular weight excluding hydrogens is 519 g/mol. The number of benzene rings is 2. The molecule has 0 aliphatic heterocycles. The second kappa shape index (κ2) is 10.0. The topological polar surface area (TPSA) is 110 Å². The van der Waals surface area contributed by atoms with Crippen molar-refractivity contribution < 1.29 is 22.7 Å². The molecular formula is C20H17Cl3N2O5S2. The third-order valence-electron chi connectivity index (χ3n) is 4.12. The number of rotatable bonds is 7. The Kier molecular flexibility index (Phi) is 7.80. The number of amides is 1. The number of hydrogen-bond donors (Lipinski definition) is 2. The summed E-state index contributed by atoms with van der Waals surface area (Å²) in [4.78, 5) is 16.4. The Morgan fingerprint density at radius 1 is 1.16 bits per heavy atom. The van der Waals surface area contributed by atoms with Gasteiger partial charge in [0.25, 0.3) is 0 Å². The summed E-state index contributed by atoms with van der Waals surface area (Å²) in [5, 5.41) is 11.4. The molecule has 3 aromatic rings. The molecule has 32 heavy (non-hydrogen) atoms. The fourth-order valence-corrected chi connectivity index (χ4v) is 5.02. The van der Waals surface area contributed by atoms with Gasteiger partial charge in [-0.1, -0.05) is 82.5 Å². The van der Waals surface area contributed by atoms with E-state index < -0.39 is 25.8 Å². The third-order valence-corrected chi connectivity index (χ3v) is 7.49. The number of thioether (sulfide) groups is 1. The molecule has 0 radical (unpaired) electrons. The van der Waals surface area contributed by atoms with Crippen LogP contribution in [0, 0.1) is 6.92 Å². The number of halogens is 3. The zero-order chi connectivity index (χ0) is 23.5. The molecule has 0 fully saturated rings. The molecule has 1 atom stereocenters. The predicted molar refractivity (Wildman–Crippen MR) is 124 cm³/mol. The van der Waals surface area contributed by atoms with E-state index in [9.17, 15) is 18.3 Å². The van der Waals surface area contributed by atoms with Crippen molar-refractivity contribution in [2.24, 2.45) is 0 Å². The highest BCUT2D eigenvalue weighted by atomic mass is 35.6. The third kappa shape index (κ3) is 5.98. The van der Waals surface area contributed by atoms with Gasteiger partial charge in [0.2, 0.25) is 35.5 Å². The highest BCUT2D eigenvalue weighted by Gasteiger charge is 2.33. The highest BCUT2D eigenvalue weighted by molar-refractivity contribution is 8.00. The number of aliphatic hydroxyl groups excluding tert-OH is 1. The minimum Gasteiger partial charge on any atom is -0.428 e. The van der Waals surface area contributed by atoms with Gasteiger partial charge in [-0.3, -0.25) is 4.79 Å². The van der Waals surface area contributed by atoms with Gasteiger partial charge >= 0.3 is 0 Å². The van der Waals surface area contributed by atoms with Crippen molar-refractivity contribution >= 4 is 62.3 Å². The molecule has 0 spiro atoms. The maximum atomic E-state index is 13.2. The number of aryl methyl sites for hydroxylation is 1. The Bertz CT molecular complexity index is 1190. The number of aromatic nitrogens is 1. The van der Waals surface area contributed by atoms with Crippen LogP contribution in [-0.4, -0.2) is 40.2 Å². The van der Waals surface area contributed by atoms with Gasteiger partial charge in [-0.05, 0) is 31.2 Å². The van der Waals surface area contributed by atoms with Gasteiger partial charge in [0.1, 0.15) is 0 Å². The molecule has 2 N–H and O–H groups in total. The van der Waals surface area contributed by atoms with E-state index in [1.54, 1.807) is 30.3 Å². The van der Waals surface area contributed by atoms with E-state index in [1.807, 2.05) is 19.1 Å². The molecule has 1 heterocycles. The maximum absolute atomic E-state index is 13.2. The summed E-state index contributed by atoms with van der Waals surface area (Å²) < 4.78 is 30.0. The highest BCUT2D eigenvalue weighted by Crippen LogP contribution is 2.35. The minimum absolute atomic E-state index is 0.0293. The Morgan fingerprint density at radius 2 is 1.78 bits per heavy atom. The van der Waals surface area contributed by atoms with Crippen LogP contribution in [-0.2, 0) is 14.6 Å². The van der Waals surface area contributed by atoms with Crippen LogP contribution in [0.5, 0.6) is 0 Å². The first-order valence-corrected chi connectivity index (χ1v) is 12.6. The van der Waals surface area contributed by atoms with Crippen molar-refractivity contribution in [1.82, 2.24) is 10.3 Å². The number of nitrogens with zero attached hydrogens (tertiary/aromatic N) is 1. The van der Waals surface area contributed by atoms with Crippen LogP contribution in [0.3, 0.4) is 0 Å². The fourth-order valence-electron chi connectivity index (χ4n) is 2.49. The van der Waals surface area contributed by atoms with E-state index in [4.69, 9.17) is 39.2 Å². The van der Waals surface area contributed by atoms with Gasteiger partial charge in [0, 0.05) is 5.56 Å². The number of carbonyl (C=O) groups is 1. The average molecular weight is 536 g/mol. The van der Waals surface area contributed by atoms with Crippen molar-refractivity contribution in [3.63, 3.8) is 0 Å². The molecule has 170 valence electrons. The standard InChI is InChI=1S/C20H17Cl3N2O5S2/c1-12-7-9-13(10-8-12)16-25-17(32(28,29)14-5-3-2-4-6-14)18(30-16)31-11-15(26)24-19(27)20(21,22)23/h2-10,19,27H,11H2,1H3,(H,24,26)/t19-/m1/s1. The summed E-state index contributed by atoms with van der Waals surface area (Å²) in [6, 6.07) is 14.9. The molecule has 7 nitrogen and oxygen atoms in total. The number of alkyl halides is 3. The second-order valence-corrected chi connectivity index (χ2v) is 11.8. The Labute approximate surface area is 204 Å². The summed E-state index contributed by atoms with van der Waals surface area (Å²) in [6.45, 7) is 1.91. The van der Waals surface area contributed by atoms with Crippen molar-refractivity contribution in [3.8, 4) is 11.5 Å². The lowest BCUT2D eigenvalue weighted by Crippen LogP contribution is -2.44. The lowest BCUT2D eigenvalue weighted by molar-refractivity contribution is -0.121. The van der Waals surface area contributed by atoms with Crippen LogP contribution in [0.25, 0.3) is 11.5 Å². The molecule has 0 aliphatic rings. The molecule has 0 unspecified atom stereocenters. The summed E-state index contributed by atoms with van der Waals surface area (Å²) >= 11 is 17.4. The monoisotopic (exact) mass is 534 g/mol. The molecule has 0 bridgehead atoms. The molecule has 3 rings (SSSR count). The van der Waals surface area contributed by atoms with Crippen LogP contribution in [0.4, 0.5) is 0 Å². The Morgan fingerprint density at radius 3 is 2.38 bits per heavy atom. The first kappa shape index (κ1) is 24.9. The number of carbonyl (C=O) groups excluding carboxylic acids is 1. The van der Waals surface area contributed by atoms with Gasteiger partial charge < -0.3 is 14.8 Å². The normalized spacial score (nSPS) is 13.0. The summed E-state index contributed by atoms with van der Waals surface area (Å²) in [5.74, 6) is -0.939. The molecule has 0 saturated carbocycles. The average Bonchev–Trinajstić information content (AvgIpc) is 3.18. The van der Waals surface area contributed by atoms with E-state index in [1.165, 1.54) is 12.1 Å². The second-order valence-electron chi connectivity index (χ2n) is 6.59. The van der Waals surface area contributed by atoms with Crippen LogP contribution in [0.2, 0.25) is 0 Å². The SMILES string of the molecule is Cc1ccc(-c2nc(S(=O)(=O)c3ccccc3)c(SCC(=O)N[C@H](O)C(Cl)(Cl)Cl)o2)cc1. The van der Waals surface area contributed by atoms with Crippen molar-refractivity contribution in [2.45, 2.75) is 32.0 Å². The number of sulfone groups is 1. The minimum atomic E-state index is -4.03. The summed E-state index contributed by atoms with van der Waals surface area (Å²) in [5.41, 5.74) is 1.58. The van der Waals surface area contributed by atoms with Gasteiger partial charge in [0.15, 0.2) is 6.23 Å². The van der Waals surface area contributed by atoms with Gasteiger partial charge in [-0.15, -0.1) is 0 Å². The van der Waals surface area contributed by atoms with Crippen LogP contribution in [0.15, 0.2) is 74.0 Å². The van der Waals surface area contributed by atoms with Crippen LogP contribution in [0.1, 0.15) is 5.56 Å². The molecule has 1 aromatic heterocycles. The van der Waals surface area contributed by atoms with Gasteiger partial charge in [0.05, 0.1) is 10.6 Å². The van der Waals surface area contributed by atoms with E-state index >= 15 is 0 Å².